The van der Waals surface area contributed by atoms with Gasteiger partial charge < -0.3 is 10.4 Å². The number of carbonyl (C=O) groups is 2. The predicted octanol–water partition coefficient (Wildman–Crippen LogP) is 1.72. The quantitative estimate of drug-likeness (QED) is 0.635. The van der Waals surface area contributed by atoms with Gasteiger partial charge in [-0.3, -0.25) is 14.5 Å². The zero-order chi connectivity index (χ0) is 14.8. The van der Waals surface area contributed by atoms with Gasteiger partial charge in [-0.15, -0.1) is 0 Å². The maximum atomic E-state index is 11.8. The van der Waals surface area contributed by atoms with Crippen LogP contribution in [0.15, 0.2) is 0 Å². The van der Waals surface area contributed by atoms with E-state index in [4.69, 9.17) is 5.11 Å². The van der Waals surface area contributed by atoms with Crippen molar-refractivity contribution in [1.29, 1.82) is 0 Å². The summed E-state index contributed by atoms with van der Waals surface area (Å²) >= 11 is 0. The highest BCUT2D eigenvalue weighted by Crippen LogP contribution is 2.06. The van der Waals surface area contributed by atoms with Crippen molar-refractivity contribution in [3.8, 4) is 0 Å². The molecule has 0 saturated carbocycles. The second-order valence-corrected chi connectivity index (χ2v) is 5.45. The molecule has 0 rings (SSSR count). The van der Waals surface area contributed by atoms with E-state index in [0.29, 0.717) is 19.0 Å². The van der Waals surface area contributed by atoms with Gasteiger partial charge in [0.15, 0.2) is 0 Å². The third-order valence-corrected chi connectivity index (χ3v) is 3.04. The Kier molecular flexibility index (Phi) is 9.21. The maximum Gasteiger partial charge on any atom is 0.304 e. The van der Waals surface area contributed by atoms with Crippen LogP contribution in [0.25, 0.3) is 0 Å². The topological polar surface area (TPSA) is 69.6 Å². The van der Waals surface area contributed by atoms with Crippen LogP contribution in [0.3, 0.4) is 0 Å². The number of nitrogens with one attached hydrogen (secondary N) is 1. The van der Waals surface area contributed by atoms with Crippen molar-refractivity contribution in [3.63, 3.8) is 0 Å². The summed E-state index contributed by atoms with van der Waals surface area (Å²) in [6.07, 6.45) is 2.15. The van der Waals surface area contributed by atoms with Crippen molar-refractivity contribution in [3.05, 3.63) is 0 Å². The lowest BCUT2D eigenvalue weighted by molar-refractivity contribution is -0.137. The van der Waals surface area contributed by atoms with Crippen LogP contribution in [0.1, 0.15) is 47.0 Å². The van der Waals surface area contributed by atoms with Crippen LogP contribution in [0.2, 0.25) is 0 Å². The lowest BCUT2D eigenvalue weighted by atomic mass is 10.0. The number of hydrogen-bond donors (Lipinski definition) is 2. The van der Waals surface area contributed by atoms with Crippen LogP contribution in [-0.2, 0) is 9.59 Å². The van der Waals surface area contributed by atoms with E-state index in [-0.39, 0.29) is 24.9 Å². The van der Waals surface area contributed by atoms with Gasteiger partial charge in [-0.25, -0.2) is 0 Å². The Balaban J connectivity index is 3.95. The summed E-state index contributed by atoms with van der Waals surface area (Å²) in [7, 11) is 0. The molecule has 1 unspecified atom stereocenters. The van der Waals surface area contributed by atoms with Gasteiger partial charge in [0.2, 0.25) is 5.91 Å². The summed E-state index contributed by atoms with van der Waals surface area (Å²) in [4.78, 5) is 24.2. The van der Waals surface area contributed by atoms with Crippen molar-refractivity contribution in [1.82, 2.24) is 10.2 Å². The van der Waals surface area contributed by atoms with Gasteiger partial charge in [-0.05, 0) is 32.2 Å². The second-order valence-electron chi connectivity index (χ2n) is 5.45. The number of carbonyl (C=O) groups excluding carboxylic acids is 1. The summed E-state index contributed by atoms with van der Waals surface area (Å²) in [6.45, 7) is 9.64. The Morgan fingerprint density at radius 3 is 2.32 bits per heavy atom. The largest absolute Gasteiger partial charge is 0.481 e. The van der Waals surface area contributed by atoms with E-state index in [1.165, 1.54) is 0 Å². The lowest BCUT2D eigenvalue weighted by Gasteiger charge is -2.21. The number of nitrogens with zero attached hydrogens (tertiary/aromatic N) is 1. The Bertz CT molecular complexity index is 280. The SMILES string of the molecule is CCN(CCC(=O)O)CC(=O)NC(C)CCC(C)C. The molecule has 0 aromatic carbocycles. The van der Waals surface area contributed by atoms with E-state index in [1.54, 1.807) is 0 Å². The van der Waals surface area contributed by atoms with Crippen molar-refractivity contribution in [2.75, 3.05) is 19.6 Å². The van der Waals surface area contributed by atoms with Crippen LogP contribution in [-0.4, -0.2) is 47.6 Å². The molecule has 0 aromatic heterocycles. The first kappa shape index (κ1) is 17.9. The van der Waals surface area contributed by atoms with Gasteiger partial charge in [0.25, 0.3) is 0 Å². The monoisotopic (exact) mass is 272 g/mol. The third kappa shape index (κ3) is 10.5. The zero-order valence-corrected chi connectivity index (χ0v) is 12.6. The lowest BCUT2D eigenvalue weighted by Crippen LogP contribution is -2.41. The standard InChI is InChI=1S/C14H28N2O3/c1-5-16(9-8-14(18)19)10-13(17)15-12(4)7-6-11(2)3/h11-12H,5-10H2,1-4H3,(H,15,17)(H,18,19). The number of carboxylic acids is 1. The van der Waals surface area contributed by atoms with Crippen molar-refractivity contribution in [2.24, 2.45) is 5.92 Å². The molecule has 0 aliphatic carbocycles. The summed E-state index contributed by atoms with van der Waals surface area (Å²) in [5.74, 6) is -0.213. The molecule has 5 nitrogen and oxygen atoms in total. The molecule has 0 radical (unpaired) electrons. The molecule has 0 aliphatic heterocycles. The molecule has 0 saturated heterocycles. The molecule has 0 fully saturated rings. The van der Waals surface area contributed by atoms with Crippen LogP contribution >= 0.6 is 0 Å². The fourth-order valence-corrected chi connectivity index (χ4v) is 1.78. The zero-order valence-electron chi connectivity index (χ0n) is 12.6. The average molecular weight is 272 g/mol. The Morgan fingerprint density at radius 2 is 1.84 bits per heavy atom. The highest BCUT2D eigenvalue weighted by atomic mass is 16.4. The number of rotatable bonds is 10. The molecular weight excluding hydrogens is 244 g/mol. The number of likely N-dealkylation sites (N-methyl/N-ethyl adjacent to an activating group) is 1. The van der Waals surface area contributed by atoms with Crippen LogP contribution in [0.5, 0.6) is 0 Å². The molecular formula is C14H28N2O3. The van der Waals surface area contributed by atoms with E-state index in [0.717, 1.165) is 12.8 Å². The van der Waals surface area contributed by atoms with E-state index in [1.807, 2.05) is 18.7 Å². The second kappa shape index (κ2) is 9.78. The third-order valence-electron chi connectivity index (χ3n) is 3.04. The van der Waals surface area contributed by atoms with Crippen LogP contribution in [0, 0.1) is 5.92 Å². The first-order chi connectivity index (χ1) is 8.85. The summed E-state index contributed by atoms with van der Waals surface area (Å²) in [5, 5.41) is 11.6. The van der Waals surface area contributed by atoms with Gasteiger partial charge >= 0.3 is 5.97 Å². The highest BCUT2D eigenvalue weighted by molar-refractivity contribution is 5.78. The van der Waals surface area contributed by atoms with Gasteiger partial charge in [-0.2, -0.15) is 0 Å². The minimum atomic E-state index is -0.829. The fourth-order valence-electron chi connectivity index (χ4n) is 1.78. The summed E-state index contributed by atoms with van der Waals surface area (Å²) in [5.41, 5.74) is 0. The predicted molar refractivity (Wildman–Crippen MR) is 76.0 cm³/mol. The van der Waals surface area contributed by atoms with E-state index < -0.39 is 5.97 Å². The van der Waals surface area contributed by atoms with Gasteiger partial charge in [0, 0.05) is 12.6 Å². The number of carboxylic acid groups (broad SMARTS) is 1. The molecule has 0 spiro atoms. The highest BCUT2D eigenvalue weighted by Gasteiger charge is 2.12. The van der Waals surface area contributed by atoms with Crippen molar-refractivity contribution < 1.29 is 14.7 Å². The molecule has 0 heterocycles. The minimum absolute atomic E-state index is 0.0245. The fraction of sp³-hybridized carbons (Fsp3) is 0.857. The Hall–Kier alpha value is -1.10. The molecule has 1 amide bonds. The molecule has 19 heavy (non-hydrogen) atoms. The minimum Gasteiger partial charge on any atom is -0.481 e. The molecule has 0 aliphatic rings. The Morgan fingerprint density at radius 1 is 1.21 bits per heavy atom. The molecule has 0 bridgehead atoms. The molecule has 1 atom stereocenters. The van der Waals surface area contributed by atoms with Gasteiger partial charge in [0.1, 0.15) is 0 Å². The van der Waals surface area contributed by atoms with Crippen molar-refractivity contribution >= 4 is 11.9 Å². The molecule has 2 N–H and O–H groups in total. The number of aliphatic carboxylic acids is 1. The molecule has 5 heteroatoms. The first-order valence-electron chi connectivity index (χ1n) is 7.08. The van der Waals surface area contributed by atoms with E-state index >= 15 is 0 Å². The smallest absolute Gasteiger partial charge is 0.304 e. The number of hydrogen-bond acceptors (Lipinski definition) is 3. The Labute approximate surface area is 116 Å². The maximum absolute atomic E-state index is 11.8. The average Bonchev–Trinajstić information content (AvgIpc) is 2.31. The van der Waals surface area contributed by atoms with Crippen LogP contribution in [0.4, 0.5) is 0 Å². The summed E-state index contributed by atoms with van der Waals surface area (Å²) < 4.78 is 0. The van der Waals surface area contributed by atoms with Gasteiger partial charge in [-0.1, -0.05) is 20.8 Å². The molecule has 112 valence electrons. The first-order valence-corrected chi connectivity index (χ1v) is 7.08. The number of amides is 1. The van der Waals surface area contributed by atoms with Gasteiger partial charge in [0.05, 0.1) is 13.0 Å². The van der Waals surface area contributed by atoms with Crippen molar-refractivity contribution in [2.45, 2.75) is 53.0 Å². The van der Waals surface area contributed by atoms with Crippen LogP contribution < -0.4 is 5.32 Å². The van der Waals surface area contributed by atoms with E-state index in [9.17, 15) is 9.59 Å². The van der Waals surface area contributed by atoms with E-state index in [2.05, 4.69) is 19.2 Å². The normalized spacial score (nSPS) is 12.7. The summed E-state index contributed by atoms with van der Waals surface area (Å²) in [6, 6.07) is 0.174. The molecule has 0 aromatic rings.